The van der Waals surface area contributed by atoms with Gasteiger partial charge in [0, 0.05) is 12.1 Å². The fourth-order valence-corrected chi connectivity index (χ4v) is 4.29. The lowest BCUT2D eigenvalue weighted by molar-refractivity contribution is -0.138. The molecule has 3 aromatic rings. The number of hydrogen-bond donors (Lipinski definition) is 3. The van der Waals surface area contributed by atoms with Crippen LogP contribution in [-0.2, 0) is 23.8 Å². The van der Waals surface area contributed by atoms with Gasteiger partial charge in [0.05, 0.1) is 11.3 Å². The second-order valence-electron chi connectivity index (χ2n) is 8.54. The van der Waals surface area contributed by atoms with Crippen molar-refractivity contribution in [2.75, 3.05) is 10.6 Å². The van der Waals surface area contributed by atoms with Gasteiger partial charge in [0.25, 0.3) is 0 Å². The first-order valence-electron chi connectivity index (χ1n) is 11.0. The van der Waals surface area contributed by atoms with Crippen LogP contribution in [0.2, 0.25) is 0 Å². The number of benzene rings is 3. The minimum Gasteiger partial charge on any atom is -0.481 e. The van der Waals surface area contributed by atoms with E-state index in [1.807, 2.05) is 18.2 Å². The quantitative estimate of drug-likeness (QED) is 0.350. The Morgan fingerprint density at radius 2 is 1.69 bits per heavy atom. The molecule has 0 fully saturated rings. The number of amides is 2. The third-order valence-corrected chi connectivity index (χ3v) is 6.00. The van der Waals surface area contributed by atoms with Gasteiger partial charge < -0.3 is 15.7 Å². The maximum absolute atomic E-state index is 14.7. The van der Waals surface area contributed by atoms with E-state index in [0.717, 1.165) is 41.7 Å². The predicted molar refractivity (Wildman–Crippen MR) is 124 cm³/mol. The normalized spacial score (nSPS) is 15.3. The van der Waals surface area contributed by atoms with Crippen LogP contribution in [0.4, 0.5) is 33.7 Å². The van der Waals surface area contributed by atoms with Gasteiger partial charge in [0.2, 0.25) is 0 Å². The van der Waals surface area contributed by atoms with Crippen molar-refractivity contribution in [1.82, 2.24) is 0 Å². The fourth-order valence-electron chi connectivity index (χ4n) is 4.29. The standard InChI is InChI=1S/C26H22F4N2O3/c27-22-13-19(18-7-6-16-10-15(11-24(33)34)4-5-17(16)12-18)8-9-23(22)32-25(35)31-21-3-1-2-20(14-21)26(28,29)30/h1-3,6-9,12-15H,4-5,10-11H2,(H,33,34)(H2,31,32,35). The van der Waals surface area contributed by atoms with Gasteiger partial charge in [0.15, 0.2) is 0 Å². The number of fused-ring (bicyclic) bond motifs is 1. The summed E-state index contributed by atoms with van der Waals surface area (Å²) in [6.07, 6.45) is -2.19. The number of alkyl halides is 3. The first-order chi connectivity index (χ1) is 16.6. The lowest BCUT2D eigenvalue weighted by Gasteiger charge is -2.24. The van der Waals surface area contributed by atoms with E-state index in [0.29, 0.717) is 12.0 Å². The lowest BCUT2D eigenvalue weighted by atomic mass is 9.81. The molecule has 0 spiro atoms. The summed E-state index contributed by atoms with van der Waals surface area (Å²) in [6, 6.07) is 13.3. The van der Waals surface area contributed by atoms with Gasteiger partial charge in [-0.05, 0) is 77.8 Å². The predicted octanol–water partition coefficient (Wildman–Crippen LogP) is 6.74. The van der Waals surface area contributed by atoms with Crippen LogP contribution >= 0.6 is 0 Å². The highest BCUT2D eigenvalue weighted by Crippen LogP contribution is 2.33. The van der Waals surface area contributed by atoms with Crippen molar-refractivity contribution in [3.05, 3.63) is 83.2 Å². The highest BCUT2D eigenvalue weighted by Gasteiger charge is 2.30. The third-order valence-electron chi connectivity index (χ3n) is 6.00. The van der Waals surface area contributed by atoms with E-state index in [2.05, 4.69) is 10.6 Å². The summed E-state index contributed by atoms with van der Waals surface area (Å²) in [7, 11) is 0. The van der Waals surface area contributed by atoms with Crippen molar-refractivity contribution < 1.29 is 32.3 Å². The second kappa shape index (κ2) is 9.77. The maximum atomic E-state index is 14.7. The summed E-state index contributed by atoms with van der Waals surface area (Å²) in [5.41, 5.74) is 2.49. The molecule has 1 atom stereocenters. The first kappa shape index (κ1) is 24.3. The van der Waals surface area contributed by atoms with Gasteiger partial charge in [-0.2, -0.15) is 13.2 Å². The van der Waals surface area contributed by atoms with E-state index < -0.39 is 29.6 Å². The topological polar surface area (TPSA) is 78.4 Å². The minimum atomic E-state index is -4.55. The van der Waals surface area contributed by atoms with Gasteiger partial charge in [0.1, 0.15) is 5.82 Å². The molecule has 4 rings (SSSR count). The number of anilines is 2. The molecule has 0 aliphatic heterocycles. The van der Waals surface area contributed by atoms with Crippen LogP contribution in [0.25, 0.3) is 11.1 Å². The Bertz CT molecular complexity index is 1270. The largest absolute Gasteiger partial charge is 0.481 e. The second-order valence-corrected chi connectivity index (χ2v) is 8.54. The summed E-state index contributed by atoms with van der Waals surface area (Å²) in [4.78, 5) is 23.2. The highest BCUT2D eigenvalue weighted by atomic mass is 19.4. The van der Waals surface area contributed by atoms with Crippen LogP contribution in [0.15, 0.2) is 60.7 Å². The number of aliphatic carboxylic acids is 1. The fraction of sp³-hybridized carbons (Fsp3) is 0.231. The molecule has 1 aliphatic rings. The summed E-state index contributed by atoms with van der Waals surface area (Å²) in [6.45, 7) is 0. The minimum absolute atomic E-state index is 0.0750. The van der Waals surface area contributed by atoms with Gasteiger partial charge >= 0.3 is 18.2 Å². The molecule has 0 saturated heterocycles. The maximum Gasteiger partial charge on any atom is 0.416 e. The highest BCUT2D eigenvalue weighted by molar-refractivity contribution is 6.00. The number of carbonyl (C=O) groups excluding carboxylic acids is 1. The molecule has 9 heteroatoms. The number of carbonyl (C=O) groups is 2. The van der Waals surface area contributed by atoms with Crippen LogP contribution in [0.5, 0.6) is 0 Å². The number of carboxylic acid groups (broad SMARTS) is 1. The molecule has 0 saturated carbocycles. The Morgan fingerprint density at radius 3 is 2.40 bits per heavy atom. The van der Waals surface area contributed by atoms with Crippen molar-refractivity contribution in [3.8, 4) is 11.1 Å². The van der Waals surface area contributed by atoms with Crippen molar-refractivity contribution >= 4 is 23.4 Å². The molecular weight excluding hydrogens is 464 g/mol. The molecule has 182 valence electrons. The van der Waals surface area contributed by atoms with E-state index in [1.54, 1.807) is 6.07 Å². The number of aryl methyl sites for hydroxylation is 1. The van der Waals surface area contributed by atoms with Crippen molar-refractivity contribution in [1.29, 1.82) is 0 Å². The molecular formula is C26H22F4N2O3. The van der Waals surface area contributed by atoms with Crippen molar-refractivity contribution in [2.45, 2.75) is 31.9 Å². The van der Waals surface area contributed by atoms with Crippen LogP contribution in [0.3, 0.4) is 0 Å². The zero-order valence-corrected chi connectivity index (χ0v) is 18.5. The van der Waals surface area contributed by atoms with Crippen LogP contribution in [0, 0.1) is 11.7 Å². The summed E-state index contributed by atoms with van der Waals surface area (Å²) < 4.78 is 53.2. The molecule has 0 aromatic heterocycles. The number of nitrogens with one attached hydrogen (secondary N) is 2. The molecule has 1 aliphatic carbocycles. The third kappa shape index (κ3) is 5.98. The van der Waals surface area contributed by atoms with Gasteiger partial charge in [-0.25, -0.2) is 9.18 Å². The molecule has 3 N–H and O–H groups in total. The molecule has 35 heavy (non-hydrogen) atoms. The molecule has 1 unspecified atom stereocenters. The number of rotatable bonds is 5. The van der Waals surface area contributed by atoms with Crippen molar-refractivity contribution in [2.24, 2.45) is 5.92 Å². The monoisotopic (exact) mass is 486 g/mol. The van der Waals surface area contributed by atoms with Gasteiger partial charge in [-0.15, -0.1) is 0 Å². The van der Waals surface area contributed by atoms with E-state index in [4.69, 9.17) is 5.11 Å². The number of urea groups is 1. The number of hydrogen-bond acceptors (Lipinski definition) is 2. The Balaban J connectivity index is 1.44. The SMILES string of the molecule is O=C(O)CC1CCc2cc(-c3ccc(NC(=O)Nc4cccc(C(F)(F)F)c4)c(F)c3)ccc2C1. The van der Waals surface area contributed by atoms with Gasteiger partial charge in [-0.1, -0.05) is 30.3 Å². The molecule has 0 heterocycles. The zero-order chi connectivity index (χ0) is 25.2. The van der Waals surface area contributed by atoms with E-state index >= 15 is 0 Å². The number of halogens is 4. The summed E-state index contributed by atoms with van der Waals surface area (Å²) >= 11 is 0. The van der Waals surface area contributed by atoms with Gasteiger partial charge in [-0.3, -0.25) is 4.79 Å². The molecule has 5 nitrogen and oxygen atoms in total. The molecule has 3 aromatic carbocycles. The van der Waals surface area contributed by atoms with E-state index in [-0.39, 0.29) is 23.7 Å². The Morgan fingerprint density at radius 1 is 0.943 bits per heavy atom. The average molecular weight is 486 g/mol. The van der Waals surface area contributed by atoms with Crippen molar-refractivity contribution in [3.63, 3.8) is 0 Å². The summed E-state index contributed by atoms with van der Waals surface area (Å²) in [5.74, 6) is -1.39. The molecule has 0 bridgehead atoms. The zero-order valence-electron chi connectivity index (χ0n) is 18.5. The molecule has 2 amide bonds. The molecule has 0 radical (unpaired) electrons. The number of carboxylic acids is 1. The lowest BCUT2D eigenvalue weighted by Crippen LogP contribution is -2.20. The Labute approximate surface area is 198 Å². The Kier molecular flexibility index (Phi) is 6.77. The van der Waals surface area contributed by atoms with Crippen LogP contribution in [-0.4, -0.2) is 17.1 Å². The smallest absolute Gasteiger partial charge is 0.416 e. The van der Waals surface area contributed by atoms with E-state index in [1.165, 1.54) is 24.3 Å². The first-order valence-corrected chi connectivity index (χ1v) is 11.0. The van der Waals surface area contributed by atoms with E-state index in [9.17, 15) is 27.2 Å². The summed E-state index contributed by atoms with van der Waals surface area (Å²) in [5, 5.41) is 13.6. The Hall–Kier alpha value is -3.88. The van der Waals surface area contributed by atoms with Crippen LogP contribution < -0.4 is 10.6 Å². The average Bonchev–Trinajstić information content (AvgIpc) is 2.79. The van der Waals surface area contributed by atoms with Crippen LogP contribution in [0.1, 0.15) is 29.5 Å².